The number of carbonyl (C=O) groups is 6. The molecular formula is C49H63F3N6O11S. The van der Waals surface area contributed by atoms with Crippen molar-refractivity contribution in [2.24, 2.45) is 11.3 Å². The molecule has 2 aromatic carbocycles. The Bertz CT molecular complexity index is 2240. The highest BCUT2D eigenvalue weighted by Crippen LogP contribution is 2.42. The van der Waals surface area contributed by atoms with Crippen LogP contribution < -0.4 is 16.0 Å². The summed E-state index contributed by atoms with van der Waals surface area (Å²) >= 11 is 1.02. The van der Waals surface area contributed by atoms with Crippen LogP contribution in [-0.2, 0) is 54.3 Å². The van der Waals surface area contributed by atoms with Crippen molar-refractivity contribution in [3.63, 3.8) is 0 Å². The number of hydrogen-bond acceptors (Lipinski definition) is 12. The molecule has 1 aromatic heterocycles. The zero-order valence-electron chi connectivity index (χ0n) is 39.7. The number of benzene rings is 2. The van der Waals surface area contributed by atoms with Gasteiger partial charge in [-0.15, -0.1) is 11.8 Å². The maximum absolute atomic E-state index is 15.3. The highest BCUT2D eigenvalue weighted by Gasteiger charge is 2.40. The SMILES string of the molecule is CC(C)(C)C(c1cc(-c2cc(F)ccc2F)cn1Cc1ccccc1)N(C[C@H]1CNC[C@@H]1F)C(=O)CSCC(NC(=O)CCOCCOCCOCCOCCNC(=O)CN1C(=O)C=CC1=O)C(=O)O. The quantitative estimate of drug-likeness (QED) is 0.0556. The smallest absolute Gasteiger partial charge is 0.327 e. The number of carbonyl (C=O) groups excluding carboxylic acids is 5. The first-order valence-electron chi connectivity index (χ1n) is 23.1. The Morgan fingerprint density at radius 2 is 1.51 bits per heavy atom. The van der Waals surface area contributed by atoms with E-state index in [4.69, 9.17) is 18.9 Å². The Morgan fingerprint density at radius 1 is 0.871 bits per heavy atom. The fraction of sp³-hybridized carbons (Fsp3) is 0.510. The fourth-order valence-electron chi connectivity index (χ4n) is 7.86. The summed E-state index contributed by atoms with van der Waals surface area (Å²) in [5.41, 5.74) is 1.32. The Hall–Kier alpha value is -5.58. The van der Waals surface area contributed by atoms with Gasteiger partial charge >= 0.3 is 5.97 Å². The topological polar surface area (TPSA) is 207 Å². The van der Waals surface area contributed by atoms with Gasteiger partial charge in [-0.1, -0.05) is 51.1 Å². The molecule has 3 aromatic rings. The molecule has 0 saturated carbocycles. The third-order valence-corrected chi connectivity index (χ3v) is 12.3. The van der Waals surface area contributed by atoms with Gasteiger partial charge in [-0.3, -0.25) is 28.9 Å². The molecule has 0 radical (unpaired) electrons. The monoisotopic (exact) mass is 1000 g/mol. The minimum atomic E-state index is -1.32. The lowest BCUT2D eigenvalue weighted by molar-refractivity contribution is -0.141. The number of halogens is 3. The average molecular weight is 1000 g/mol. The number of carboxylic acid groups (broad SMARTS) is 1. The van der Waals surface area contributed by atoms with Crippen LogP contribution >= 0.6 is 11.8 Å². The Kier molecular flexibility index (Phi) is 21.9. The van der Waals surface area contributed by atoms with Gasteiger partial charge in [-0.2, -0.15) is 0 Å². The fourth-order valence-corrected chi connectivity index (χ4v) is 8.78. The summed E-state index contributed by atoms with van der Waals surface area (Å²) in [6.45, 7) is 8.21. The van der Waals surface area contributed by atoms with E-state index >= 15 is 8.78 Å². The maximum atomic E-state index is 15.3. The van der Waals surface area contributed by atoms with Gasteiger partial charge < -0.3 is 49.5 Å². The number of imide groups is 1. The molecule has 5 rings (SSSR count). The number of ether oxygens (including phenoxy) is 4. The predicted molar refractivity (Wildman–Crippen MR) is 254 cm³/mol. The summed E-state index contributed by atoms with van der Waals surface area (Å²) in [4.78, 5) is 76.9. The molecule has 1 saturated heterocycles. The number of nitrogens with zero attached hydrogens (tertiary/aromatic N) is 3. The van der Waals surface area contributed by atoms with E-state index < -0.39 is 70.8 Å². The molecule has 382 valence electrons. The van der Waals surface area contributed by atoms with Crippen LogP contribution in [0.4, 0.5) is 13.2 Å². The molecule has 4 N–H and O–H groups in total. The second-order valence-corrected chi connectivity index (χ2v) is 18.8. The number of nitrogens with one attached hydrogen (secondary N) is 3. The first-order valence-corrected chi connectivity index (χ1v) is 24.2. The zero-order chi connectivity index (χ0) is 50.6. The summed E-state index contributed by atoms with van der Waals surface area (Å²) in [5, 5.41) is 18.1. The number of alkyl halides is 1. The summed E-state index contributed by atoms with van der Waals surface area (Å²) in [6, 6.07) is 12.5. The van der Waals surface area contributed by atoms with Crippen molar-refractivity contribution in [2.75, 3.05) is 97.1 Å². The van der Waals surface area contributed by atoms with Gasteiger partial charge in [0.15, 0.2) is 0 Å². The molecule has 0 spiro atoms. The second kappa shape index (κ2) is 27.7. The standard InChI is InChI=1S/C49H63F3N6O11S/c1-49(2,3)47(41-23-34(37-24-36(50)9-10-38(37)51)28-56(41)27-33-7-5-4-6-8-33)58(29-35-25-53-26-39(35)52)46(63)32-70-31-40(48(64)65)55-42(59)13-15-66-17-19-68-21-22-69-20-18-67-16-14-54-43(60)30-57-44(61)11-12-45(57)62/h4-12,23-24,28,35,39-40,47,53H,13-22,25-27,29-32H2,1-3H3,(H,54,60)(H,55,59)(H,64,65)/t35-,39+,40?,47?/m1/s1. The van der Waals surface area contributed by atoms with Crippen LogP contribution in [0.3, 0.4) is 0 Å². The third-order valence-electron chi connectivity index (χ3n) is 11.3. The minimum Gasteiger partial charge on any atom is -0.480 e. The number of carboxylic acids is 1. The van der Waals surface area contributed by atoms with Crippen LogP contribution in [0.25, 0.3) is 11.1 Å². The van der Waals surface area contributed by atoms with Crippen LogP contribution in [0.15, 0.2) is 72.9 Å². The molecule has 3 heterocycles. The van der Waals surface area contributed by atoms with Crippen molar-refractivity contribution >= 4 is 47.3 Å². The minimum absolute atomic E-state index is 0.00146. The maximum Gasteiger partial charge on any atom is 0.327 e. The van der Waals surface area contributed by atoms with Crippen molar-refractivity contribution in [1.29, 1.82) is 0 Å². The Balaban J connectivity index is 1.06. The molecular weight excluding hydrogens is 938 g/mol. The van der Waals surface area contributed by atoms with Crippen molar-refractivity contribution in [2.45, 2.75) is 52.0 Å². The summed E-state index contributed by atoms with van der Waals surface area (Å²) in [6.07, 6.45) is 2.59. The average Bonchev–Trinajstić information content (AvgIpc) is 4.01. The highest BCUT2D eigenvalue weighted by molar-refractivity contribution is 8.00. The molecule has 1 fully saturated rings. The summed E-state index contributed by atoms with van der Waals surface area (Å²) in [5.74, 6) is -5.89. The van der Waals surface area contributed by atoms with Crippen LogP contribution in [0.2, 0.25) is 0 Å². The number of amides is 5. The molecule has 5 amide bonds. The van der Waals surface area contributed by atoms with E-state index in [0.29, 0.717) is 24.3 Å². The summed E-state index contributed by atoms with van der Waals surface area (Å²) < 4.78 is 68.7. The van der Waals surface area contributed by atoms with Crippen LogP contribution in [-0.4, -0.2) is 164 Å². The van der Waals surface area contributed by atoms with E-state index in [-0.39, 0.29) is 108 Å². The van der Waals surface area contributed by atoms with E-state index in [1.807, 2.05) is 55.7 Å². The normalized spacial score (nSPS) is 16.7. The number of aromatic nitrogens is 1. The van der Waals surface area contributed by atoms with E-state index in [2.05, 4.69) is 16.0 Å². The molecule has 21 heteroatoms. The molecule has 2 unspecified atom stereocenters. The molecule has 0 aliphatic carbocycles. The van der Waals surface area contributed by atoms with Crippen LogP contribution in [0, 0.1) is 23.0 Å². The predicted octanol–water partition coefficient (Wildman–Crippen LogP) is 3.76. The van der Waals surface area contributed by atoms with Crippen molar-refractivity contribution in [3.8, 4) is 11.1 Å². The van der Waals surface area contributed by atoms with E-state index in [1.54, 1.807) is 17.2 Å². The van der Waals surface area contributed by atoms with Crippen LogP contribution in [0.1, 0.15) is 44.5 Å². The molecule has 17 nitrogen and oxygen atoms in total. The molecule has 2 aliphatic heterocycles. The number of rotatable bonds is 30. The van der Waals surface area contributed by atoms with E-state index in [9.17, 15) is 38.3 Å². The lowest BCUT2D eigenvalue weighted by Gasteiger charge is -2.42. The molecule has 4 atom stereocenters. The third kappa shape index (κ3) is 17.4. The van der Waals surface area contributed by atoms with Crippen LogP contribution in [0.5, 0.6) is 0 Å². The van der Waals surface area contributed by atoms with Gasteiger partial charge in [-0.05, 0) is 35.2 Å². The van der Waals surface area contributed by atoms with Gasteiger partial charge in [0, 0.05) is 86.0 Å². The van der Waals surface area contributed by atoms with E-state index in [1.165, 1.54) is 0 Å². The van der Waals surface area contributed by atoms with Crippen molar-refractivity contribution in [1.82, 2.24) is 30.3 Å². The van der Waals surface area contributed by atoms with Gasteiger partial charge in [-0.25, -0.2) is 18.0 Å². The van der Waals surface area contributed by atoms with Gasteiger partial charge in [0.25, 0.3) is 11.8 Å². The Labute approximate surface area is 409 Å². The zero-order valence-corrected chi connectivity index (χ0v) is 40.5. The van der Waals surface area contributed by atoms with Crippen molar-refractivity contribution in [3.05, 3.63) is 95.8 Å². The number of hydrogen-bond donors (Lipinski definition) is 4. The molecule has 0 bridgehead atoms. The largest absolute Gasteiger partial charge is 0.480 e. The molecule has 2 aliphatic rings. The van der Waals surface area contributed by atoms with Crippen molar-refractivity contribution < 1.29 is 66.0 Å². The second-order valence-electron chi connectivity index (χ2n) is 17.8. The van der Waals surface area contributed by atoms with E-state index in [0.717, 1.165) is 52.6 Å². The number of thioether (sulfide) groups is 1. The summed E-state index contributed by atoms with van der Waals surface area (Å²) in [7, 11) is 0. The number of aliphatic carboxylic acids is 1. The Morgan fingerprint density at radius 3 is 2.13 bits per heavy atom. The molecule has 70 heavy (non-hydrogen) atoms. The highest BCUT2D eigenvalue weighted by atomic mass is 32.2. The first-order chi connectivity index (χ1) is 33.5. The first kappa shape index (κ1) is 55.3. The van der Waals surface area contributed by atoms with Gasteiger partial charge in [0.05, 0.1) is 64.6 Å². The lowest BCUT2D eigenvalue weighted by atomic mass is 9.82. The van der Waals surface area contributed by atoms with Gasteiger partial charge in [0.1, 0.15) is 30.4 Å². The van der Waals surface area contributed by atoms with Gasteiger partial charge in [0.2, 0.25) is 17.7 Å². The lowest BCUT2D eigenvalue weighted by Crippen LogP contribution is -2.47.